The molecule has 0 heterocycles. The summed E-state index contributed by atoms with van der Waals surface area (Å²) >= 11 is 5.95. The molecule has 0 saturated carbocycles. The number of aryl methyl sites for hydroxylation is 1. The number of sulfonamides is 1. The summed E-state index contributed by atoms with van der Waals surface area (Å²) in [4.78, 5) is 11.6. The number of hydrogen-bond acceptors (Lipinski definition) is 4. The molecular weight excluding hydrogens is 326 g/mol. The molecule has 2 aromatic rings. The molecule has 0 fully saturated rings. The maximum Gasteiger partial charge on any atom is 0.338 e. The summed E-state index contributed by atoms with van der Waals surface area (Å²) in [5.74, 6) is -0.590. The molecule has 0 unspecified atom stereocenters. The molecule has 116 valence electrons. The second-order valence-electron chi connectivity index (χ2n) is 4.55. The lowest BCUT2D eigenvalue weighted by molar-refractivity contribution is 0.0599. The molecule has 5 nitrogen and oxygen atoms in total. The normalized spacial score (nSPS) is 11.0. The molecule has 0 amide bonds. The Bertz CT molecular complexity index is 818. The number of methoxy groups -OCH3 is 1. The Morgan fingerprint density at radius 2 is 1.86 bits per heavy atom. The third-order valence-corrected chi connectivity index (χ3v) is 4.74. The van der Waals surface area contributed by atoms with Crippen molar-refractivity contribution in [3.8, 4) is 0 Å². The van der Waals surface area contributed by atoms with Crippen LogP contribution in [0.2, 0.25) is 5.02 Å². The summed E-state index contributed by atoms with van der Waals surface area (Å²) in [6.45, 7) is 1.70. The van der Waals surface area contributed by atoms with Gasteiger partial charge in [0.25, 0.3) is 10.0 Å². The average Bonchev–Trinajstić information content (AvgIpc) is 2.49. The molecule has 2 aromatic carbocycles. The van der Waals surface area contributed by atoms with Gasteiger partial charge in [0.05, 0.1) is 28.3 Å². The highest BCUT2D eigenvalue weighted by Crippen LogP contribution is 2.25. The van der Waals surface area contributed by atoms with E-state index in [0.29, 0.717) is 5.56 Å². The van der Waals surface area contributed by atoms with Crippen molar-refractivity contribution < 1.29 is 17.9 Å². The van der Waals surface area contributed by atoms with Gasteiger partial charge in [-0.3, -0.25) is 4.72 Å². The lowest BCUT2D eigenvalue weighted by atomic mass is 10.1. The largest absolute Gasteiger partial charge is 0.465 e. The average molecular weight is 340 g/mol. The molecule has 0 radical (unpaired) electrons. The van der Waals surface area contributed by atoms with Crippen molar-refractivity contribution in [1.29, 1.82) is 0 Å². The van der Waals surface area contributed by atoms with Crippen LogP contribution < -0.4 is 4.72 Å². The van der Waals surface area contributed by atoms with Crippen molar-refractivity contribution >= 4 is 33.3 Å². The van der Waals surface area contributed by atoms with Crippen LogP contribution in [0.5, 0.6) is 0 Å². The summed E-state index contributed by atoms with van der Waals surface area (Å²) in [5.41, 5.74) is 1.09. The van der Waals surface area contributed by atoms with E-state index >= 15 is 0 Å². The first-order valence-corrected chi connectivity index (χ1v) is 8.17. The van der Waals surface area contributed by atoms with E-state index in [4.69, 9.17) is 11.6 Å². The number of para-hydroxylation sites is 1. The van der Waals surface area contributed by atoms with E-state index in [1.807, 2.05) is 0 Å². The van der Waals surface area contributed by atoms with E-state index in [2.05, 4.69) is 9.46 Å². The Morgan fingerprint density at radius 1 is 1.18 bits per heavy atom. The highest BCUT2D eigenvalue weighted by molar-refractivity contribution is 7.92. The predicted molar refractivity (Wildman–Crippen MR) is 84.8 cm³/mol. The summed E-state index contributed by atoms with van der Waals surface area (Å²) in [7, 11) is -2.62. The van der Waals surface area contributed by atoms with Crippen molar-refractivity contribution in [3.63, 3.8) is 0 Å². The van der Waals surface area contributed by atoms with Gasteiger partial charge < -0.3 is 4.74 Å². The van der Waals surface area contributed by atoms with Crippen molar-refractivity contribution in [2.24, 2.45) is 0 Å². The number of hydrogen-bond donors (Lipinski definition) is 1. The van der Waals surface area contributed by atoms with Crippen LogP contribution in [0.4, 0.5) is 5.69 Å². The van der Waals surface area contributed by atoms with Gasteiger partial charge in [-0.25, -0.2) is 13.2 Å². The van der Waals surface area contributed by atoms with Crippen LogP contribution in [0, 0.1) is 6.92 Å². The molecule has 0 atom stereocenters. The number of ether oxygens (including phenoxy) is 1. The summed E-state index contributed by atoms with van der Waals surface area (Å²) in [6.07, 6.45) is 0. The third-order valence-electron chi connectivity index (χ3n) is 3.04. The van der Waals surface area contributed by atoms with Crippen molar-refractivity contribution in [2.45, 2.75) is 11.8 Å². The van der Waals surface area contributed by atoms with Gasteiger partial charge in [0.15, 0.2) is 0 Å². The van der Waals surface area contributed by atoms with Gasteiger partial charge in [-0.05, 0) is 36.8 Å². The maximum absolute atomic E-state index is 12.4. The molecular formula is C15H14ClNO4S. The molecule has 7 heteroatoms. The second kappa shape index (κ2) is 6.37. The fourth-order valence-electron chi connectivity index (χ4n) is 1.85. The Hall–Kier alpha value is -2.05. The number of carbonyl (C=O) groups excluding carboxylic acids is 1. The smallest absolute Gasteiger partial charge is 0.338 e. The number of nitrogens with one attached hydrogen (secondary N) is 1. The summed E-state index contributed by atoms with van der Waals surface area (Å²) in [6, 6.07) is 10.7. The first-order valence-electron chi connectivity index (χ1n) is 6.31. The van der Waals surface area contributed by atoms with E-state index in [0.717, 1.165) is 0 Å². The Balaban J connectivity index is 2.42. The fourth-order valence-corrected chi connectivity index (χ4v) is 3.19. The first kappa shape index (κ1) is 16.3. The number of benzene rings is 2. The highest BCUT2D eigenvalue weighted by Gasteiger charge is 2.19. The van der Waals surface area contributed by atoms with Crippen molar-refractivity contribution in [3.05, 3.63) is 58.6 Å². The third kappa shape index (κ3) is 3.40. The quantitative estimate of drug-likeness (QED) is 0.868. The number of halogens is 1. The molecule has 0 spiro atoms. The summed E-state index contributed by atoms with van der Waals surface area (Å²) < 4.78 is 31.9. The van der Waals surface area contributed by atoms with Crippen LogP contribution in [0.1, 0.15) is 15.9 Å². The standard InChI is InChI=1S/C15H14ClNO4S/c1-10-7-8-11(9-12(10)15(18)21-2)22(19,20)17-14-6-4-3-5-13(14)16/h3-9,17H,1-2H3. The first-order chi connectivity index (χ1) is 10.3. The minimum absolute atomic E-state index is 0.0431. The minimum Gasteiger partial charge on any atom is -0.465 e. The Morgan fingerprint density at radius 3 is 2.50 bits per heavy atom. The van der Waals surface area contributed by atoms with Gasteiger partial charge in [-0.2, -0.15) is 0 Å². The van der Waals surface area contributed by atoms with Gasteiger partial charge >= 0.3 is 5.97 Å². The summed E-state index contributed by atoms with van der Waals surface area (Å²) in [5, 5.41) is 0.284. The Kier molecular flexibility index (Phi) is 4.73. The second-order valence-corrected chi connectivity index (χ2v) is 6.64. The van der Waals surface area contributed by atoms with E-state index in [9.17, 15) is 13.2 Å². The van der Waals surface area contributed by atoms with Crippen LogP contribution in [0.25, 0.3) is 0 Å². The molecule has 0 saturated heterocycles. The predicted octanol–water partition coefficient (Wildman–Crippen LogP) is 3.24. The van der Waals surface area contributed by atoms with Gasteiger partial charge in [0.1, 0.15) is 0 Å². The lowest BCUT2D eigenvalue weighted by Gasteiger charge is -2.11. The van der Waals surface area contributed by atoms with E-state index in [1.54, 1.807) is 37.3 Å². The van der Waals surface area contributed by atoms with E-state index in [-0.39, 0.29) is 21.2 Å². The molecule has 0 bridgehead atoms. The number of anilines is 1. The molecule has 0 aliphatic rings. The van der Waals surface area contributed by atoms with Gasteiger partial charge in [0, 0.05) is 0 Å². The van der Waals surface area contributed by atoms with Crippen LogP contribution in [-0.4, -0.2) is 21.5 Å². The topological polar surface area (TPSA) is 72.5 Å². The monoisotopic (exact) mass is 339 g/mol. The van der Waals surface area contributed by atoms with Gasteiger partial charge in [0.2, 0.25) is 0 Å². The molecule has 0 aromatic heterocycles. The van der Waals surface area contributed by atoms with Gasteiger partial charge in [-0.1, -0.05) is 29.8 Å². The van der Waals surface area contributed by atoms with Gasteiger partial charge in [-0.15, -0.1) is 0 Å². The lowest BCUT2D eigenvalue weighted by Crippen LogP contribution is -2.15. The van der Waals surface area contributed by atoms with E-state index < -0.39 is 16.0 Å². The van der Waals surface area contributed by atoms with Crippen molar-refractivity contribution in [1.82, 2.24) is 0 Å². The zero-order valence-corrected chi connectivity index (χ0v) is 13.5. The van der Waals surface area contributed by atoms with E-state index in [1.165, 1.54) is 19.2 Å². The SMILES string of the molecule is COC(=O)c1cc(S(=O)(=O)Nc2ccccc2Cl)ccc1C. The number of carbonyl (C=O) groups is 1. The van der Waals surface area contributed by atoms with Crippen LogP contribution in [0.3, 0.4) is 0 Å². The number of esters is 1. The maximum atomic E-state index is 12.4. The van der Waals surface area contributed by atoms with Crippen LogP contribution in [-0.2, 0) is 14.8 Å². The molecule has 0 aliphatic heterocycles. The highest BCUT2D eigenvalue weighted by atomic mass is 35.5. The molecule has 0 aliphatic carbocycles. The fraction of sp³-hybridized carbons (Fsp3) is 0.133. The van der Waals surface area contributed by atoms with Crippen LogP contribution in [0.15, 0.2) is 47.4 Å². The minimum atomic E-state index is -3.86. The molecule has 22 heavy (non-hydrogen) atoms. The number of rotatable bonds is 4. The molecule has 1 N–H and O–H groups in total. The zero-order valence-electron chi connectivity index (χ0n) is 12.0. The van der Waals surface area contributed by atoms with Crippen molar-refractivity contribution in [2.75, 3.05) is 11.8 Å². The zero-order chi connectivity index (χ0) is 16.3. The molecule has 2 rings (SSSR count). The van der Waals surface area contributed by atoms with Crippen LogP contribution >= 0.6 is 11.6 Å². The Labute approximate surface area is 133 Å².